The van der Waals surface area contributed by atoms with E-state index in [0.717, 1.165) is 43.4 Å². The lowest BCUT2D eigenvalue weighted by Gasteiger charge is -2.22. The number of carbonyl (C=O) groups is 3. The Morgan fingerprint density at radius 3 is 2.33 bits per heavy atom. The summed E-state index contributed by atoms with van der Waals surface area (Å²) in [5.74, 6) is -1.04. The van der Waals surface area contributed by atoms with Crippen molar-refractivity contribution in [1.29, 1.82) is 0 Å². The van der Waals surface area contributed by atoms with Crippen molar-refractivity contribution in [3.63, 3.8) is 0 Å². The van der Waals surface area contributed by atoms with Gasteiger partial charge in [0.1, 0.15) is 5.75 Å². The Morgan fingerprint density at radius 2 is 1.63 bits per heavy atom. The van der Waals surface area contributed by atoms with Crippen LogP contribution < -0.4 is 20.7 Å². The predicted octanol–water partition coefficient (Wildman–Crippen LogP) is 3.01. The van der Waals surface area contributed by atoms with Crippen molar-refractivity contribution in [3.05, 3.63) is 59.7 Å². The molecule has 30 heavy (non-hydrogen) atoms. The van der Waals surface area contributed by atoms with E-state index < -0.39 is 11.8 Å². The molecule has 0 unspecified atom stereocenters. The molecule has 0 aromatic heterocycles. The molecule has 0 atom stereocenters. The van der Waals surface area contributed by atoms with Gasteiger partial charge >= 0.3 is 11.8 Å². The van der Waals surface area contributed by atoms with Gasteiger partial charge in [-0.05, 0) is 42.7 Å². The molecule has 0 heterocycles. The second kappa shape index (κ2) is 10.4. The molecule has 1 aliphatic carbocycles. The molecular formula is C23H27N3O4. The maximum Gasteiger partial charge on any atom is 0.313 e. The number of methoxy groups -OCH3 is 1. The number of carbonyl (C=O) groups excluding carboxylic acids is 3. The average Bonchev–Trinajstić information content (AvgIpc) is 2.78. The van der Waals surface area contributed by atoms with Crippen molar-refractivity contribution in [3.8, 4) is 5.75 Å². The highest BCUT2D eigenvalue weighted by atomic mass is 16.5. The van der Waals surface area contributed by atoms with Crippen molar-refractivity contribution in [1.82, 2.24) is 10.6 Å². The van der Waals surface area contributed by atoms with Crippen LogP contribution in [0.25, 0.3) is 0 Å². The van der Waals surface area contributed by atoms with Crippen LogP contribution in [0, 0.1) is 0 Å². The number of para-hydroxylation sites is 1. The number of hydrogen-bond acceptors (Lipinski definition) is 4. The Morgan fingerprint density at radius 1 is 0.933 bits per heavy atom. The molecule has 1 aliphatic rings. The molecule has 1 saturated carbocycles. The number of ether oxygens (including phenoxy) is 1. The van der Waals surface area contributed by atoms with Crippen molar-refractivity contribution >= 4 is 23.4 Å². The number of anilines is 1. The van der Waals surface area contributed by atoms with E-state index in [2.05, 4.69) is 16.0 Å². The first-order chi connectivity index (χ1) is 14.6. The van der Waals surface area contributed by atoms with Gasteiger partial charge in [-0.2, -0.15) is 0 Å². The Hall–Kier alpha value is -3.35. The third-order valence-corrected chi connectivity index (χ3v) is 5.18. The van der Waals surface area contributed by atoms with Gasteiger partial charge in [0, 0.05) is 12.6 Å². The predicted molar refractivity (Wildman–Crippen MR) is 114 cm³/mol. The van der Waals surface area contributed by atoms with Crippen LogP contribution in [-0.4, -0.2) is 30.9 Å². The zero-order valence-electron chi connectivity index (χ0n) is 17.1. The van der Waals surface area contributed by atoms with E-state index in [0.29, 0.717) is 17.8 Å². The highest BCUT2D eigenvalue weighted by molar-refractivity contribution is 6.40. The maximum absolute atomic E-state index is 12.6. The van der Waals surface area contributed by atoms with E-state index in [-0.39, 0.29) is 11.9 Å². The lowest BCUT2D eigenvalue weighted by atomic mass is 9.95. The molecule has 7 nitrogen and oxygen atoms in total. The molecule has 3 N–H and O–H groups in total. The van der Waals surface area contributed by atoms with E-state index in [4.69, 9.17) is 4.74 Å². The minimum atomic E-state index is -0.768. The minimum absolute atomic E-state index is 0.0417. The standard InChI is InChI=1S/C23H27N3O4/c1-30-18-13-11-16(12-14-18)15-24-21(27)19-9-5-6-10-20(19)26-23(29)22(28)25-17-7-3-2-4-8-17/h5-6,9-14,17H,2-4,7-8,15H2,1H3,(H,24,27)(H,25,28)(H,26,29). The zero-order valence-corrected chi connectivity index (χ0v) is 17.1. The summed E-state index contributed by atoms with van der Waals surface area (Å²) in [4.78, 5) is 37.2. The molecule has 2 aromatic rings. The normalized spacial score (nSPS) is 13.9. The smallest absolute Gasteiger partial charge is 0.313 e. The number of amides is 3. The summed E-state index contributed by atoms with van der Waals surface area (Å²) in [5, 5.41) is 8.18. The molecule has 0 spiro atoms. The summed E-state index contributed by atoms with van der Waals surface area (Å²) in [6, 6.07) is 14.0. The Labute approximate surface area is 176 Å². The minimum Gasteiger partial charge on any atom is -0.497 e. The summed E-state index contributed by atoms with van der Waals surface area (Å²) < 4.78 is 5.12. The fourth-order valence-electron chi connectivity index (χ4n) is 3.49. The van der Waals surface area contributed by atoms with Gasteiger partial charge in [-0.15, -0.1) is 0 Å². The lowest BCUT2D eigenvalue weighted by Crippen LogP contribution is -2.42. The largest absolute Gasteiger partial charge is 0.497 e. The molecule has 3 amide bonds. The van der Waals surface area contributed by atoms with Crippen LogP contribution in [0.3, 0.4) is 0 Å². The monoisotopic (exact) mass is 409 g/mol. The van der Waals surface area contributed by atoms with Crippen molar-refractivity contribution in [2.75, 3.05) is 12.4 Å². The third kappa shape index (κ3) is 5.83. The number of nitrogens with one attached hydrogen (secondary N) is 3. The Kier molecular flexibility index (Phi) is 7.43. The van der Waals surface area contributed by atoms with E-state index in [1.54, 1.807) is 31.4 Å². The Balaban J connectivity index is 1.59. The summed E-state index contributed by atoms with van der Waals surface area (Å²) in [5.41, 5.74) is 1.51. The summed E-state index contributed by atoms with van der Waals surface area (Å²) in [7, 11) is 1.59. The van der Waals surface area contributed by atoms with Crippen LogP contribution in [0.1, 0.15) is 48.0 Å². The van der Waals surface area contributed by atoms with Gasteiger partial charge < -0.3 is 20.7 Å². The first-order valence-electron chi connectivity index (χ1n) is 10.2. The van der Waals surface area contributed by atoms with Crippen LogP contribution in [0.2, 0.25) is 0 Å². The number of rotatable bonds is 6. The van der Waals surface area contributed by atoms with Crippen LogP contribution in [0.15, 0.2) is 48.5 Å². The molecule has 1 fully saturated rings. The van der Waals surface area contributed by atoms with Crippen LogP contribution in [-0.2, 0) is 16.1 Å². The SMILES string of the molecule is COc1ccc(CNC(=O)c2ccccc2NC(=O)C(=O)NC2CCCCC2)cc1. The van der Waals surface area contributed by atoms with E-state index in [1.165, 1.54) is 0 Å². The van der Waals surface area contributed by atoms with Gasteiger partial charge in [0.15, 0.2) is 0 Å². The molecule has 158 valence electrons. The second-order valence-electron chi connectivity index (χ2n) is 7.34. The van der Waals surface area contributed by atoms with Crippen molar-refractivity contribution in [2.24, 2.45) is 0 Å². The molecular weight excluding hydrogens is 382 g/mol. The molecule has 0 bridgehead atoms. The van der Waals surface area contributed by atoms with Crippen molar-refractivity contribution in [2.45, 2.75) is 44.7 Å². The van der Waals surface area contributed by atoms with Crippen LogP contribution in [0.5, 0.6) is 5.75 Å². The zero-order chi connectivity index (χ0) is 21.3. The van der Waals surface area contributed by atoms with Gasteiger partial charge in [0.05, 0.1) is 18.4 Å². The average molecular weight is 409 g/mol. The van der Waals surface area contributed by atoms with Crippen LogP contribution >= 0.6 is 0 Å². The molecule has 0 aliphatic heterocycles. The quantitative estimate of drug-likeness (QED) is 0.639. The van der Waals surface area contributed by atoms with Gasteiger partial charge in [0.25, 0.3) is 5.91 Å². The van der Waals surface area contributed by atoms with E-state index in [9.17, 15) is 14.4 Å². The van der Waals surface area contributed by atoms with Gasteiger partial charge in [-0.1, -0.05) is 43.5 Å². The van der Waals surface area contributed by atoms with Crippen molar-refractivity contribution < 1.29 is 19.1 Å². The molecule has 2 aromatic carbocycles. The molecule has 7 heteroatoms. The van der Waals surface area contributed by atoms with E-state index >= 15 is 0 Å². The van der Waals surface area contributed by atoms with Gasteiger partial charge in [-0.25, -0.2) is 0 Å². The Bertz CT molecular complexity index is 890. The fourth-order valence-corrected chi connectivity index (χ4v) is 3.49. The summed E-state index contributed by atoms with van der Waals surface area (Å²) in [6.07, 6.45) is 5.07. The lowest BCUT2D eigenvalue weighted by molar-refractivity contribution is -0.136. The fraction of sp³-hybridized carbons (Fsp3) is 0.348. The molecule has 0 saturated heterocycles. The first kappa shape index (κ1) is 21.4. The van der Waals surface area contributed by atoms with Gasteiger partial charge in [0.2, 0.25) is 0 Å². The first-order valence-corrected chi connectivity index (χ1v) is 10.2. The summed E-state index contributed by atoms with van der Waals surface area (Å²) in [6.45, 7) is 0.327. The topological polar surface area (TPSA) is 96.5 Å². The highest BCUT2D eigenvalue weighted by Gasteiger charge is 2.22. The molecule has 3 rings (SSSR count). The maximum atomic E-state index is 12.6. The highest BCUT2D eigenvalue weighted by Crippen LogP contribution is 2.18. The number of hydrogen-bond donors (Lipinski definition) is 3. The van der Waals surface area contributed by atoms with Gasteiger partial charge in [-0.3, -0.25) is 14.4 Å². The summed E-state index contributed by atoms with van der Waals surface area (Å²) >= 11 is 0. The van der Waals surface area contributed by atoms with E-state index in [1.807, 2.05) is 24.3 Å². The third-order valence-electron chi connectivity index (χ3n) is 5.18. The number of benzene rings is 2. The molecule has 0 radical (unpaired) electrons. The second-order valence-corrected chi connectivity index (χ2v) is 7.34. The van der Waals surface area contributed by atoms with Crippen LogP contribution in [0.4, 0.5) is 5.69 Å².